The van der Waals surface area contributed by atoms with Gasteiger partial charge in [-0.05, 0) is 56.8 Å². The third-order valence-electron chi connectivity index (χ3n) is 10.3. The van der Waals surface area contributed by atoms with E-state index < -0.39 is 21.7 Å². The summed E-state index contributed by atoms with van der Waals surface area (Å²) in [6.45, 7) is 19.6. The van der Waals surface area contributed by atoms with Crippen molar-refractivity contribution in [3.8, 4) is 16.8 Å². The fourth-order valence-corrected chi connectivity index (χ4v) is 8.45. The smallest absolute Gasteiger partial charge is 0.338 e. The number of rotatable bonds is 22. The van der Waals surface area contributed by atoms with Crippen LogP contribution in [0.25, 0.3) is 22.5 Å². The van der Waals surface area contributed by atoms with E-state index in [9.17, 15) is 4.79 Å². The molecular formula is C41H64N6O7Si2. The molecule has 1 aromatic carbocycles. The Labute approximate surface area is 335 Å². The number of benzene rings is 1. The molecule has 1 aliphatic rings. The Morgan fingerprint density at radius 2 is 1.46 bits per heavy atom. The normalized spacial score (nSPS) is 17.8. The van der Waals surface area contributed by atoms with E-state index in [1.54, 1.807) is 14.2 Å². The molecule has 0 unspecified atom stereocenters. The number of carbonyl (C=O) groups excluding carboxylic acids is 1. The van der Waals surface area contributed by atoms with Gasteiger partial charge in [0.05, 0.1) is 43.6 Å². The van der Waals surface area contributed by atoms with E-state index in [1.165, 1.54) is 0 Å². The molecule has 56 heavy (non-hydrogen) atoms. The van der Waals surface area contributed by atoms with Gasteiger partial charge in [0.1, 0.15) is 25.9 Å². The van der Waals surface area contributed by atoms with Gasteiger partial charge in [0.25, 0.3) is 0 Å². The number of esters is 1. The summed E-state index contributed by atoms with van der Waals surface area (Å²) in [7, 11) is 0.603. The first kappa shape index (κ1) is 43.7. The van der Waals surface area contributed by atoms with Crippen LogP contribution in [0.2, 0.25) is 51.4 Å². The number of hydrogen-bond donors (Lipinski definition) is 0. The number of ether oxygens (including phenoxy) is 6. The van der Waals surface area contributed by atoms with Crippen molar-refractivity contribution in [1.29, 1.82) is 0 Å². The van der Waals surface area contributed by atoms with E-state index in [1.807, 2.05) is 58.1 Å². The van der Waals surface area contributed by atoms with E-state index in [2.05, 4.69) is 51.1 Å². The SMILES string of the molecule is COCCOC(=O)C1(OCCOC)CCC(c2nc3c(-c4cnn(-c5ccccc5)c4)cnn3c(N(COCC[Si](C)(C)C)COCC[Si](C)(C)C)c2C)CC1. The number of anilines is 1. The van der Waals surface area contributed by atoms with Crippen LogP contribution in [0.3, 0.4) is 0 Å². The number of hydrogen-bond acceptors (Lipinski definition) is 11. The highest BCUT2D eigenvalue weighted by atomic mass is 28.3. The Balaban J connectivity index is 1.54. The predicted octanol–water partition coefficient (Wildman–Crippen LogP) is 7.57. The minimum Gasteiger partial charge on any atom is -0.461 e. The van der Waals surface area contributed by atoms with Gasteiger partial charge < -0.3 is 33.3 Å². The molecule has 3 heterocycles. The van der Waals surface area contributed by atoms with Gasteiger partial charge in [0.2, 0.25) is 0 Å². The summed E-state index contributed by atoms with van der Waals surface area (Å²) in [5.41, 5.74) is 4.41. The number of carbonyl (C=O) groups is 1. The summed E-state index contributed by atoms with van der Waals surface area (Å²) in [6, 6.07) is 12.2. The van der Waals surface area contributed by atoms with Crippen molar-refractivity contribution in [2.45, 2.75) is 95.5 Å². The fourth-order valence-electron chi connectivity index (χ4n) is 6.93. The maximum atomic E-state index is 13.6. The molecule has 0 saturated heterocycles. The molecular weight excluding hydrogens is 745 g/mol. The van der Waals surface area contributed by atoms with Gasteiger partial charge in [-0.15, -0.1) is 0 Å². The van der Waals surface area contributed by atoms with Crippen molar-refractivity contribution in [2.75, 3.05) is 72.2 Å². The Bertz CT molecular complexity index is 1810. The molecule has 0 atom stereocenters. The molecule has 0 N–H and O–H groups in total. The van der Waals surface area contributed by atoms with Crippen LogP contribution in [0.15, 0.2) is 48.9 Å². The number of para-hydroxylation sites is 1. The minimum atomic E-state index is -1.31. The molecule has 0 spiro atoms. The average molecular weight is 809 g/mol. The standard InChI is InChI=1S/C41H64N6O7Si2/c1-32-37(33-15-17-41(18-16-33,54-22-20-50-3)40(48)53-21-19-49-2)44-38-36(34-27-42-46(29-34)35-13-11-10-12-14-35)28-43-47(38)39(32)45(30-51-23-25-55(4,5)6)31-52-24-26-56(7,8)9/h10-14,27-29,33H,15-26,30-31H2,1-9H3. The molecule has 15 heteroatoms. The van der Waals surface area contributed by atoms with Gasteiger partial charge in [0, 0.05) is 72.4 Å². The van der Waals surface area contributed by atoms with Crippen LogP contribution < -0.4 is 4.90 Å². The highest BCUT2D eigenvalue weighted by Gasteiger charge is 2.45. The van der Waals surface area contributed by atoms with Gasteiger partial charge in [-0.3, -0.25) is 0 Å². The van der Waals surface area contributed by atoms with Gasteiger partial charge >= 0.3 is 5.97 Å². The second-order valence-electron chi connectivity index (χ2n) is 17.2. The first-order valence-electron chi connectivity index (χ1n) is 19.9. The van der Waals surface area contributed by atoms with Gasteiger partial charge in [-0.2, -0.15) is 14.7 Å². The summed E-state index contributed by atoms with van der Waals surface area (Å²) in [5.74, 6) is 0.595. The van der Waals surface area contributed by atoms with Gasteiger partial charge in [-0.25, -0.2) is 14.5 Å². The second kappa shape index (κ2) is 19.8. The van der Waals surface area contributed by atoms with Crippen LogP contribution in [-0.2, 0) is 33.2 Å². The molecule has 13 nitrogen and oxygen atoms in total. The molecule has 1 saturated carbocycles. The van der Waals surface area contributed by atoms with Crippen LogP contribution in [0, 0.1) is 6.92 Å². The van der Waals surface area contributed by atoms with Crippen molar-refractivity contribution >= 4 is 33.6 Å². The third-order valence-corrected chi connectivity index (χ3v) is 13.7. The monoisotopic (exact) mass is 808 g/mol. The second-order valence-corrected chi connectivity index (χ2v) is 28.5. The van der Waals surface area contributed by atoms with Gasteiger partial charge in [0.15, 0.2) is 11.2 Å². The zero-order valence-electron chi connectivity index (χ0n) is 35.1. The average Bonchev–Trinajstić information content (AvgIpc) is 3.82. The van der Waals surface area contributed by atoms with Crippen LogP contribution in [0.4, 0.5) is 5.82 Å². The summed E-state index contributed by atoms with van der Waals surface area (Å²) in [6.07, 6.45) is 8.12. The zero-order chi connectivity index (χ0) is 40.3. The quantitative estimate of drug-likeness (QED) is 0.0338. The Hall–Kier alpha value is -3.45. The third kappa shape index (κ3) is 11.6. The molecule has 0 amide bonds. The largest absolute Gasteiger partial charge is 0.461 e. The minimum absolute atomic E-state index is 0.0573. The summed E-state index contributed by atoms with van der Waals surface area (Å²) < 4.78 is 39.0. The first-order valence-corrected chi connectivity index (χ1v) is 27.3. The van der Waals surface area contributed by atoms with Gasteiger partial charge in [-0.1, -0.05) is 57.5 Å². The molecule has 308 valence electrons. The zero-order valence-corrected chi connectivity index (χ0v) is 37.1. The Morgan fingerprint density at radius 1 is 0.839 bits per heavy atom. The number of nitrogens with zero attached hydrogens (tertiary/aromatic N) is 6. The summed E-state index contributed by atoms with van der Waals surface area (Å²) >= 11 is 0. The lowest BCUT2D eigenvalue weighted by Gasteiger charge is -2.38. The highest BCUT2D eigenvalue weighted by Crippen LogP contribution is 2.43. The van der Waals surface area contributed by atoms with Crippen LogP contribution in [0.5, 0.6) is 0 Å². The molecule has 1 aliphatic carbocycles. The van der Waals surface area contributed by atoms with Crippen LogP contribution in [-0.4, -0.2) is 119 Å². The maximum absolute atomic E-state index is 13.6. The lowest BCUT2D eigenvalue weighted by Crippen LogP contribution is -2.46. The number of aromatic nitrogens is 5. The maximum Gasteiger partial charge on any atom is 0.338 e. The Morgan fingerprint density at radius 3 is 2.07 bits per heavy atom. The molecule has 1 fully saturated rings. The summed E-state index contributed by atoms with van der Waals surface area (Å²) in [5, 5.41) is 9.68. The van der Waals surface area contributed by atoms with Crippen molar-refractivity contribution in [1.82, 2.24) is 24.4 Å². The molecule has 5 rings (SSSR count). The van der Waals surface area contributed by atoms with Crippen molar-refractivity contribution in [3.63, 3.8) is 0 Å². The molecule has 4 aromatic rings. The van der Waals surface area contributed by atoms with Crippen molar-refractivity contribution in [3.05, 3.63) is 60.2 Å². The highest BCUT2D eigenvalue weighted by molar-refractivity contribution is 6.76. The van der Waals surface area contributed by atoms with Crippen molar-refractivity contribution in [2.24, 2.45) is 0 Å². The Kier molecular flexibility index (Phi) is 15.4. The fraction of sp³-hybridized carbons (Fsp3) is 0.610. The van der Waals surface area contributed by atoms with Crippen LogP contribution in [0.1, 0.15) is 42.9 Å². The lowest BCUT2D eigenvalue weighted by atomic mass is 9.76. The molecule has 3 aromatic heterocycles. The van der Waals surface area contributed by atoms with Crippen molar-refractivity contribution < 1.29 is 33.2 Å². The van der Waals surface area contributed by atoms with E-state index in [0.29, 0.717) is 72.2 Å². The van der Waals surface area contributed by atoms with Crippen LogP contribution >= 0.6 is 0 Å². The number of methoxy groups -OCH3 is 2. The van der Waals surface area contributed by atoms with E-state index in [0.717, 1.165) is 51.6 Å². The first-order chi connectivity index (χ1) is 26.7. The lowest BCUT2D eigenvalue weighted by molar-refractivity contribution is -0.180. The number of fused-ring (bicyclic) bond motifs is 1. The molecule has 0 radical (unpaired) electrons. The molecule has 0 bridgehead atoms. The topological polar surface area (TPSA) is 124 Å². The van der Waals surface area contributed by atoms with E-state index >= 15 is 0 Å². The molecule has 0 aliphatic heterocycles. The predicted molar refractivity (Wildman–Crippen MR) is 225 cm³/mol. The van der Waals surface area contributed by atoms with E-state index in [-0.39, 0.29) is 18.5 Å². The summed E-state index contributed by atoms with van der Waals surface area (Å²) in [4.78, 5) is 21.1. The van der Waals surface area contributed by atoms with E-state index in [4.69, 9.17) is 43.6 Å².